The summed E-state index contributed by atoms with van der Waals surface area (Å²) in [6.07, 6.45) is 5.29. The standard InChI is InChI=1S/C17H30N2S/c1-13-7-8-17(18-3)15(10-13)12-19(4)14(2)11-16-6-5-9-20-16/h5-6,9,13-15,17-18H,7-8,10-12H2,1-4H3. The molecule has 4 unspecified atom stereocenters. The van der Waals surface area contributed by atoms with Gasteiger partial charge in [0.2, 0.25) is 0 Å². The Morgan fingerprint density at radius 3 is 2.90 bits per heavy atom. The number of rotatable bonds is 6. The largest absolute Gasteiger partial charge is 0.317 e. The predicted molar refractivity (Wildman–Crippen MR) is 89.5 cm³/mol. The summed E-state index contributed by atoms with van der Waals surface area (Å²) >= 11 is 1.88. The van der Waals surface area contributed by atoms with Crippen LogP contribution < -0.4 is 5.32 Å². The molecule has 1 aromatic rings. The topological polar surface area (TPSA) is 15.3 Å². The van der Waals surface area contributed by atoms with Crippen LogP contribution >= 0.6 is 11.3 Å². The Morgan fingerprint density at radius 2 is 2.25 bits per heavy atom. The number of hydrogen-bond acceptors (Lipinski definition) is 3. The van der Waals surface area contributed by atoms with E-state index >= 15 is 0 Å². The van der Waals surface area contributed by atoms with E-state index in [0.29, 0.717) is 12.1 Å². The summed E-state index contributed by atoms with van der Waals surface area (Å²) < 4.78 is 0. The van der Waals surface area contributed by atoms with Crippen LogP contribution in [0.2, 0.25) is 0 Å². The summed E-state index contributed by atoms with van der Waals surface area (Å²) in [5.74, 6) is 1.70. The lowest BCUT2D eigenvalue weighted by Gasteiger charge is -2.38. The third kappa shape index (κ3) is 4.31. The molecular weight excluding hydrogens is 264 g/mol. The summed E-state index contributed by atoms with van der Waals surface area (Å²) in [7, 11) is 4.42. The molecule has 3 heteroatoms. The smallest absolute Gasteiger partial charge is 0.0112 e. The highest BCUT2D eigenvalue weighted by atomic mass is 32.1. The highest BCUT2D eigenvalue weighted by molar-refractivity contribution is 7.09. The Balaban J connectivity index is 1.86. The Labute approximate surface area is 128 Å². The second-order valence-electron chi connectivity index (χ2n) is 6.65. The van der Waals surface area contributed by atoms with E-state index in [4.69, 9.17) is 0 Å². The lowest BCUT2D eigenvalue weighted by molar-refractivity contribution is 0.142. The molecule has 1 heterocycles. The van der Waals surface area contributed by atoms with E-state index in [9.17, 15) is 0 Å². The molecule has 2 nitrogen and oxygen atoms in total. The van der Waals surface area contributed by atoms with Gasteiger partial charge >= 0.3 is 0 Å². The first-order chi connectivity index (χ1) is 9.60. The maximum Gasteiger partial charge on any atom is 0.0112 e. The normalized spacial score (nSPS) is 28.8. The van der Waals surface area contributed by atoms with Crippen molar-refractivity contribution in [2.75, 3.05) is 20.6 Å². The second-order valence-corrected chi connectivity index (χ2v) is 7.68. The maximum absolute atomic E-state index is 3.54. The van der Waals surface area contributed by atoms with Crippen LogP contribution in [0, 0.1) is 11.8 Å². The number of thiophene rings is 1. The quantitative estimate of drug-likeness (QED) is 0.862. The molecule has 0 bridgehead atoms. The first-order valence-corrected chi connectivity index (χ1v) is 8.88. The van der Waals surface area contributed by atoms with Gasteiger partial charge in [0.15, 0.2) is 0 Å². The molecule has 1 saturated carbocycles. The fraction of sp³-hybridized carbons (Fsp3) is 0.765. The minimum Gasteiger partial charge on any atom is -0.317 e. The van der Waals surface area contributed by atoms with Crippen LogP contribution in [0.15, 0.2) is 17.5 Å². The van der Waals surface area contributed by atoms with Crippen LogP contribution in [0.4, 0.5) is 0 Å². The van der Waals surface area contributed by atoms with E-state index in [1.165, 1.54) is 37.1 Å². The zero-order valence-corrected chi connectivity index (χ0v) is 14.2. The minimum atomic E-state index is 0.628. The molecular formula is C17H30N2S. The fourth-order valence-electron chi connectivity index (χ4n) is 3.51. The molecule has 1 fully saturated rings. The molecule has 0 aromatic carbocycles. The molecule has 2 rings (SSSR count). The molecule has 114 valence electrons. The third-order valence-electron chi connectivity index (χ3n) is 4.97. The lowest BCUT2D eigenvalue weighted by atomic mass is 9.78. The monoisotopic (exact) mass is 294 g/mol. The molecule has 1 aliphatic carbocycles. The van der Waals surface area contributed by atoms with Gasteiger partial charge < -0.3 is 10.2 Å². The first kappa shape index (κ1) is 16.0. The lowest BCUT2D eigenvalue weighted by Crippen LogP contribution is -2.45. The molecule has 0 aliphatic heterocycles. The molecule has 1 aliphatic rings. The van der Waals surface area contributed by atoms with Crippen molar-refractivity contribution in [3.8, 4) is 0 Å². The van der Waals surface area contributed by atoms with Gasteiger partial charge in [0.1, 0.15) is 0 Å². The summed E-state index contributed by atoms with van der Waals surface area (Å²) in [6, 6.07) is 5.76. The molecule has 20 heavy (non-hydrogen) atoms. The molecule has 0 amide bonds. The van der Waals surface area contributed by atoms with Crippen molar-refractivity contribution in [3.05, 3.63) is 22.4 Å². The van der Waals surface area contributed by atoms with E-state index < -0.39 is 0 Å². The van der Waals surface area contributed by atoms with Crippen LogP contribution in [0.25, 0.3) is 0 Å². The Kier molecular flexibility index (Phi) is 6.06. The highest BCUT2D eigenvalue weighted by Gasteiger charge is 2.29. The number of nitrogens with zero attached hydrogens (tertiary/aromatic N) is 1. The summed E-state index contributed by atoms with van der Waals surface area (Å²) in [5, 5.41) is 5.72. The van der Waals surface area contributed by atoms with Crippen molar-refractivity contribution >= 4 is 11.3 Å². The molecule has 1 aromatic heterocycles. The van der Waals surface area contributed by atoms with Crippen molar-refractivity contribution in [2.24, 2.45) is 11.8 Å². The molecule has 0 spiro atoms. The zero-order valence-electron chi connectivity index (χ0n) is 13.4. The average molecular weight is 295 g/mol. The molecule has 0 radical (unpaired) electrons. The molecule has 1 N–H and O–H groups in total. The fourth-order valence-corrected chi connectivity index (χ4v) is 4.33. The van der Waals surface area contributed by atoms with Crippen LogP contribution in [-0.2, 0) is 6.42 Å². The third-order valence-corrected chi connectivity index (χ3v) is 5.87. The first-order valence-electron chi connectivity index (χ1n) is 8.00. The average Bonchev–Trinajstić information content (AvgIpc) is 2.91. The van der Waals surface area contributed by atoms with Crippen LogP contribution in [0.5, 0.6) is 0 Å². The van der Waals surface area contributed by atoms with Gasteiger partial charge in [0, 0.05) is 23.5 Å². The molecule has 0 saturated heterocycles. The van der Waals surface area contributed by atoms with Crippen LogP contribution in [-0.4, -0.2) is 37.6 Å². The number of nitrogens with one attached hydrogen (secondary N) is 1. The summed E-state index contributed by atoms with van der Waals surface area (Å²) in [4.78, 5) is 4.07. The number of hydrogen-bond donors (Lipinski definition) is 1. The van der Waals surface area contributed by atoms with E-state index in [1.807, 2.05) is 11.3 Å². The van der Waals surface area contributed by atoms with Crippen molar-refractivity contribution in [1.29, 1.82) is 0 Å². The molecule has 4 atom stereocenters. The van der Waals surface area contributed by atoms with E-state index in [-0.39, 0.29) is 0 Å². The Bertz CT molecular complexity index is 376. The van der Waals surface area contributed by atoms with Gasteiger partial charge in [-0.15, -0.1) is 11.3 Å². The van der Waals surface area contributed by atoms with Crippen molar-refractivity contribution in [1.82, 2.24) is 10.2 Å². The van der Waals surface area contributed by atoms with Gasteiger partial charge in [-0.05, 0) is 70.0 Å². The van der Waals surface area contributed by atoms with Crippen LogP contribution in [0.1, 0.15) is 38.0 Å². The summed E-state index contributed by atoms with van der Waals surface area (Å²) in [6.45, 7) is 6.00. The highest BCUT2D eigenvalue weighted by Crippen LogP contribution is 2.30. The van der Waals surface area contributed by atoms with Crippen LogP contribution in [0.3, 0.4) is 0 Å². The zero-order chi connectivity index (χ0) is 14.5. The van der Waals surface area contributed by atoms with Gasteiger partial charge in [0.05, 0.1) is 0 Å². The van der Waals surface area contributed by atoms with Crippen molar-refractivity contribution in [3.63, 3.8) is 0 Å². The predicted octanol–water partition coefficient (Wildman–Crippen LogP) is 3.64. The second kappa shape index (κ2) is 7.58. The SMILES string of the molecule is CNC1CCC(C)CC1CN(C)C(C)Cc1cccs1. The Morgan fingerprint density at radius 1 is 1.45 bits per heavy atom. The Hall–Kier alpha value is -0.380. The van der Waals surface area contributed by atoms with Crippen molar-refractivity contribution < 1.29 is 0 Å². The van der Waals surface area contributed by atoms with Gasteiger partial charge in [-0.2, -0.15) is 0 Å². The summed E-state index contributed by atoms with van der Waals surface area (Å²) in [5.41, 5.74) is 0. The van der Waals surface area contributed by atoms with E-state index in [1.54, 1.807) is 0 Å². The maximum atomic E-state index is 3.54. The van der Waals surface area contributed by atoms with Gasteiger partial charge in [-0.1, -0.05) is 13.0 Å². The van der Waals surface area contributed by atoms with E-state index in [2.05, 4.69) is 55.7 Å². The van der Waals surface area contributed by atoms with Crippen molar-refractivity contribution in [2.45, 2.75) is 51.6 Å². The minimum absolute atomic E-state index is 0.628. The van der Waals surface area contributed by atoms with Gasteiger partial charge in [-0.3, -0.25) is 0 Å². The van der Waals surface area contributed by atoms with Gasteiger partial charge in [0.25, 0.3) is 0 Å². The van der Waals surface area contributed by atoms with E-state index in [0.717, 1.165) is 11.8 Å². The number of likely N-dealkylation sites (N-methyl/N-ethyl adjacent to an activating group) is 1. The van der Waals surface area contributed by atoms with Gasteiger partial charge in [-0.25, -0.2) is 0 Å².